The van der Waals surface area contributed by atoms with Crippen LogP contribution < -0.4 is 4.72 Å². The van der Waals surface area contributed by atoms with Crippen molar-refractivity contribution in [3.05, 3.63) is 24.0 Å². The second-order valence-corrected chi connectivity index (χ2v) is 6.18. The van der Waals surface area contributed by atoms with Crippen molar-refractivity contribution in [2.45, 2.75) is 31.2 Å². The van der Waals surface area contributed by atoms with Crippen LogP contribution in [-0.4, -0.2) is 30.0 Å². The molecule has 0 atom stereocenters. The monoisotopic (exact) mass is 258 g/mol. The Morgan fingerprint density at radius 1 is 1.41 bits per heavy atom. The third-order valence-corrected chi connectivity index (χ3v) is 3.53. The lowest BCUT2D eigenvalue weighted by Crippen LogP contribution is -2.41. The van der Waals surface area contributed by atoms with Gasteiger partial charge >= 0.3 is 5.97 Å². The van der Waals surface area contributed by atoms with Crippen molar-refractivity contribution in [3.8, 4) is 0 Å². The molecule has 0 aliphatic rings. The van der Waals surface area contributed by atoms with Crippen molar-refractivity contribution in [2.24, 2.45) is 0 Å². The van der Waals surface area contributed by atoms with Crippen LogP contribution in [0.25, 0.3) is 0 Å². The number of carboxylic acid groups (broad SMARTS) is 1. The lowest BCUT2D eigenvalue weighted by Gasteiger charge is -2.20. The Morgan fingerprint density at radius 3 is 2.47 bits per heavy atom. The Balaban J connectivity index is 3.30. The predicted molar refractivity (Wildman–Crippen MR) is 61.3 cm³/mol. The molecule has 1 aromatic rings. The summed E-state index contributed by atoms with van der Waals surface area (Å²) >= 11 is 0. The summed E-state index contributed by atoms with van der Waals surface area (Å²) in [6.45, 7) is 5.00. The normalized spacial score (nSPS) is 12.4. The van der Waals surface area contributed by atoms with Crippen molar-refractivity contribution in [2.75, 3.05) is 0 Å². The molecule has 1 aromatic heterocycles. The predicted octanol–water partition coefficient (Wildman–Crippen LogP) is 0.857. The van der Waals surface area contributed by atoms with Crippen molar-refractivity contribution >= 4 is 16.0 Å². The summed E-state index contributed by atoms with van der Waals surface area (Å²) < 4.78 is 26.3. The van der Waals surface area contributed by atoms with Crippen molar-refractivity contribution in [3.63, 3.8) is 0 Å². The lowest BCUT2D eigenvalue weighted by molar-refractivity contribution is 0.0692. The van der Waals surface area contributed by atoms with E-state index >= 15 is 0 Å². The Labute approximate surface area is 99.7 Å². The van der Waals surface area contributed by atoms with Gasteiger partial charge in [-0.05, 0) is 26.8 Å². The average Bonchev–Trinajstić information content (AvgIpc) is 2.14. The number of carboxylic acids is 1. The number of rotatable bonds is 3. The highest BCUT2D eigenvalue weighted by Gasteiger charge is 2.26. The number of hydrogen-bond donors (Lipinski definition) is 2. The minimum Gasteiger partial charge on any atom is -0.478 e. The van der Waals surface area contributed by atoms with Crippen LogP contribution >= 0.6 is 0 Å². The van der Waals surface area contributed by atoms with E-state index in [1.165, 1.54) is 6.20 Å². The van der Waals surface area contributed by atoms with E-state index in [-0.39, 0.29) is 10.5 Å². The SMILES string of the molecule is CC(C)(C)NS(=O)(=O)c1cnccc1C(=O)O. The van der Waals surface area contributed by atoms with Crippen LogP contribution in [0.1, 0.15) is 31.1 Å². The highest BCUT2D eigenvalue weighted by atomic mass is 32.2. The van der Waals surface area contributed by atoms with Crippen LogP contribution in [0.4, 0.5) is 0 Å². The van der Waals surface area contributed by atoms with Crippen LogP contribution in [0.2, 0.25) is 0 Å². The van der Waals surface area contributed by atoms with Gasteiger partial charge in [0.1, 0.15) is 4.90 Å². The molecular formula is C10H14N2O4S. The zero-order valence-corrected chi connectivity index (χ0v) is 10.6. The van der Waals surface area contributed by atoms with Crippen LogP contribution in [0.15, 0.2) is 23.4 Å². The van der Waals surface area contributed by atoms with Gasteiger partial charge in [-0.15, -0.1) is 0 Å². The molecule has 2 N–H and O–H groups in total. The first kappa shape index (κ1) is 13.6. The Morgan fingerprint density at radius 2 is 2.00 bits per heavy atom. The molecule has 0 spiro atoms. The summed E-state index contributed by atoms with van der Waals surface area (Å²) in [5.41, 5.74) is -0.985. The zero-order chi connectivity index (χ0) is 13.3. The molecule has 0 fully saturated rings. The first-order valence-electron chi connectivity index (χ1n) is 4.85. The fourth-order valence-corrected chi connectivity index (χ4v) is 2.79. The largest absolute Gasteiger partial charge is 0.478 e. The fraction of sp³-hybridized carbons (Fsp3) is 0.400. The summed E-state index contributed by atoms with van der Waals surface area (Å²) in [5.74, 6) is -1.30. The van der Waals surface area contributed by atoms with Crippen molar-refractivity contribution in [1.82, 2.24) is 9.71 Å². The van der Waals surface area contributed by atoms with Gasteiger partial charge in [0.05, 0.1) is 5.56 Å². The van der Waals surface area contributed by atoms with E-state index in [1.807, 2.05) is 0 Å². The number of carbonyl (C=O) groups is 1. The third kappa shape index (κ3) is 3.50. The summed E-state index contributed by atoms with van der Waals surface area (Å²) in [5, 5.41) is 8.91. The Bertz CT molecular complexity index is 531. The van der Waals surface area contributed by atoms with Gasteiger partial charge in [0.25, 0.3) is 0 Å². The number of pyridine rings is 1. The van der Waals surface area contributed by atoms with Crippen LogP contribution in [0.5, 0.6) is 0 Å². The molecule has 0 amide bonds. The molecule has 17 heavy (non-hydrogen) atoms. The Kier molecular flexibility index (Phi) is 3.53. The number of nitrogens with one attached hydrogen (secondary N) is 1. The minimum atomic E-state index is -3.89. The summed E-state index contributed by atoms with van der Waals surface area (Å²) in [4.78, 5) is 14.2. The molecule has 0 radical (unpaired) electrons. The van der Waals surface area contributed by atoms with Crippen LogP contribution in [0.3, 0.4) is 0 Å². The van der Waals surface area contributed by atoms with Gasteiger partial charge in [-0.2, -0.15) is 0 Å². The van der Waals surface area contributed by atoms with Gasteiger partial charge < -0.3 is 5.11 Å². The summed E-state index contributed by atoms with van der Waals surface area (Å²) in [7, 11) is -3.89. The number of nitrogens with zero attached hydrogens (tertiary/aromatic N) is 1. The highest BCUT2D eigenvalue weighted by molar-refractivity contribution is 7.89. The molecule has 6 nitrogen and oxygen atoms in total. The molecule has 1 heterocycles. The van der Waals surface area contributed by atoms with Gasteiger partial charge in [0.2, 0.25) is 10.0 Å². The number of hydrogen-bond acceptors (Lipinski definition) is 4. The van der Waals surface area contributed by atoms with E-state index in [9.17, 15) is 13.2 Å². The maximum Gasteiger partial charge on any atom is 0.337 e. The molecule has 0 saturated carbocycles. The number of aromatic carboxylic acids is 1. The molecule has 0 aliphatic carbocycles. The second kappa shape index (κ2) is 4.42. The van der Waals surface area contributed by atoms with E-state index < -0.39 is 21.5 Å². The molecule has 0 unspecified atom stereocenters. The smallest absolute Gasteiger partial charge is 0.337 e. The van der Waals surface area contributed by atoms with Gasteiger partial charge in [0.15, 0.2) is 0 Å². The van der Waals surface area contributed by atoms with E-state index in [0.717, 1.165) is 12.3 Å². The van der Waals surface area contributed by atoms with Crippen molar-refractivity contribution in [1.29, 1.82) is 0 Å². The fourth-order valence-electron chi connectivity index (χ4n) is 1.23. The van der Waals surface area contributed by atoms with Gasteiger partial charge in [-0.3, -0.25) is 4.98 Å². The lowest BCUT2D eigenvalue weighted by atomic mass is 10.1. The average molecular weight is 258 g/mol. The van der Waals surface area contributed by atoms with Gasteiger partial charge in [0, 0.05) is 17.9 Å². The zero-order valence-electron chi connectivity index (χ0n) is 9.76. The highest BCUT2D eigenvalue weighted by Crippen LogP contribution is 2.16. The van der Waals surface area contributed by atoms with Gasteiger partial charge in [-0.25, -0.2) is 17.9 Å². The molecule has 94 valence electrons. The summed E-state index contributed by atoms with van der Waals surface area (Å²) in [6, 6.07) is 1.15. The molecule has 7 heteroatoms. The molecule has 0 aromatic carbocycles. The number of sulfonamides is 1. The molecule has 0 bridgehead atoms. The van der Waals surface area contributed by atoms with E-state index in [1.54, 1.807) is 20.8 Å². The summed E-state index contributed by atoms with van der Waals surface area (Å²) in [6.07, 6.45) is 2.26. The molecule has 0 aliphatic heterocycles. The Hall–Kier alpha value is -1.47. The van der Waals surface area contributed by atoms with E-state index in [4.69, 9.17) is 5.11 Å². The molecule has 1 rings (SSSR count). The minimum absolute atomic E-state index is 0.295. The first-order chi connectivity index (χ1) is 7.63. The quantitative estimate of drug-likeness (QED) is 0.838. The van der Waals surface area contributed by atoms with Crippen LogP contribution in [-0.2, 0) is 10.0 Å². The molecule has 0 saturated heterocycles. The maximum absolute atomic E-state index is 12.0. The van der Waals surface area contributed by atoms with E-state index in [2.05, 4.69) is 9.71 Å². The maximum atomic E-state index is 12.0. The third-order valence-electron chi connectivity index (χ3n) is 1.74. The number of aromatic nitrogens is 1. The van der Waals surface area contributed by atoms with E-state index in [0.29, 0.717) is 0 Å². The standard InChI is InChI=1S/C10H14N2O4S/c1-10(2,3)12-17(15,16)8-6-11-5-4-7(8)9(13)14/h4-6,12H,1-3H3,(H,13,14). The first-order valence-corrected chi connectivity index (χ1v) is 6.33. The van der Waals surface area contributed by atoms with Gasteiger partial charge in [-0.1, -0.05) is 0 Å². The topological polar surface area (TPSA) is 96.4 Å². The molecular weight excluding hydrogens is 244 g/mol. The van der Waals surface area contributed by atoms with Crippen molar-refractivity contribution < 1.29 is 18.3 Å². The second-order valence-electron chi connectivity index (χ2n) is 4.53. The van der Waals surface area contributed by atoms with Crippen LogP contribution in [0, 0.1) is 0 Å².